The predicted octanol–water partition coefficient (Wildman–Crippen LogP) is 3.69. The Labute approximate surface area is 155 Å². The maximum Gasteiger partial charge on any atom is 0.416 e. The van der Waals surface area contributed by atoms with Gasteiger partial charge in [-0.3, -0.25) is 9.59 Å². The number of anilines is 1. The van der Waals surface area contributed by atoms with Gasteiger partial charge in [0.05, 0.1) is 12.0 Å². The summed E-state index contributed by atoms with van der Waals surface area (Å²) >= 11 is 0. The quantitative estimate of drug-likeness (QED) is 0.865. The highest BCUT2D eigenvalue weighted by atomic mass is 19.4. The van der Waals surface area contributed by atoms with E-state index in [1.54, 1.807) is 17.0 Å². The minimum atomic E-state index is -4.37. The standard InChI is InChI=1S/C20H19F3N2O2/c21-20(22,23)16-7-3-15(4-8-16)13-24-18(26)12-14-5-9-17(10-6-14)25-11-1-2-19(25)27/h3-10H,1-2,11-13H2,(H,24,26). The molecule has 0 aromatic heterocycles. The fourth-order valence-electron chi connectivity index (χ4n) is 2.98. The first-order valence-electron chi connectivity index (χ1n) is 8.65. The van der Waals surface area contributed by atoms with E-state index < -0.39 is 11.7 Å². The van der Waals surface area contributed by atoms with E-state index >= 15 is 0 Å². The Morgan fingerprint density at radius 3 is 2.19 bits per heavy atom. The van der Waals surface area contributed by atoms with Crippen molar-refractivity contribution in [3.05, 3.63) is 65.2 Å². The van der Waals surface area contributed by atoms with Gasteiger partial charge in [-0.15, -0.1) is 0 Å². The van der Waals surface area contributed by atoms with Crippen molar-refractivity contribution in [3.8, 4) is 0 Å². The zero-order valence-corrected chi connectivity index (χ0v) is 14.6. The summed E-state index contributed by atoms with van der Waals surface area (Å²) in [7, 11) is 0. The molecule has 0 unspecified atom stereocenters. The molecule has 2 aromatic rings. The Morgan fingerprint density at radius 2 is 1.63 bits per heavy atom. The smallest absolute Gasteiger partial charge is 0.352 e. The minimum Gasteiger partial charge on any atom is -0.352 e. The van der Waals surface area contributed by atoms with E-state index in [1.807, 2.05) is 12.1 Å². The topological polar surface area (TPSA) is 49.4 Å². The number of benzene rings is 2. The molecule has 0 atom stereocenters. The van der Waals surface area contributed by atoms with Crippen LogP contribution in [0.4, 0.5) is 18.9 Å². The Kier molecular flexibility index (Phi) is 5.48. The van der Waals surface area contributed by atoms with E-state index in [0.29, 0.717) is 18.5 Å². The highest BCUT2D eigenvalue weighted by Gasteiger charge is 2.29. The van der Waals surface area contributed by atoms with Crippen LogP contribution < -0.4 is 10.2 Å². The van der Waals surface area contributed by atoms with Gasteiger partial charge >= 0.3 is 6.18 Å². The first-order valence-corrected chi connectivity index (χ1v) is 8.65. The van der Waals surface area contributed by atoms with E-state index in [1.165, 1.54) is 12.1 Å². The number of alkyl halides is 3. The van der Waals surface area contributed by atoms with Crippen molar-refractivity contribution < 1.29 is 22.8 Å². The molecule has 142 valence electrons. The van der Waals surface area contributed by atoms with Crippen LogP contribution >= 0.6 is 0 Å². The number of nitrogens with one attached hydrogen (secondary N) is 1. The average molecular weight is 376 g/mol. The van der Waals surface area contributed by atoms with Gasteiger partial charge in [0.2, 0.25) is 11.8 Å². The summed E-state index contributed by atoms with van der Waals surface area (Å²) in [6.45, 7) is 0.878. The van der Waals surface area contributed by atoms with Crippen LogP contribution in [0.25, 0.3) is 0 Å². The van der Waals surface area contributed by atoms with Gasteiger partial charge in [-0.1, -0.05) is 24.3 Å². The van der Waals surface area contributed by atoms with Gasteiger partial charge in [0.15, 0.2) is 0 Å². The van der Waals surface area contributed by atoms with Crippen molar-refractivity contribution in [1.29, 1.82) is 0 Å². The lowest BCUT2D eigenvalue weighted by Gasteiger charge is -2.15. The van der Waals surface area contributed by atoms with E-state index in [4.69, 9.17) is 0 Å². The van der Waals surface area contributed by atoms with Crippen molar-refractivity contribution in [2.75, 3.05) is 11.4 Å². The van der Waals surface area contributed by atoms with Crippen LogP contribution in [0.15, 0.2) is 48.5 Å². The lowest BCUT2D eigenvalue weighted by atomic mass is 10.1. The molecule has 2 amide bonds. The second-order valence-electron chi connectivity index (χ2n) is 6.46. The zero-order chi connectivity index (χ0) is 19.4. The Balaban J connectivity index is 1.51. The molecule has 0 spiro atoms. The summed E-state index contributed by atoms with van der Waals surface area (Å²) < 4.78 is 37.6. The molecule has 4 nitrogen and oxygen atoms in total. The van der Waals surface area contributed by atoms with Crippen LogP contribution in [0.2, 0.25) is 0 Å². The monoisotopic (exact) mass is 376 g/mol. The second kappa shape index (κ2) is 7.82. The number of carbonyl (C=O) groups excluding carboxylic acids is 2. The number of rotatable bonds is 5. The van der Waals surface area contributed by atoms with Gasteiger partial charge in [-0.25, -0.2) is 0 Å². The summed E-state index contributed by atoms with van der Waals surface area (Å²) in [5.74, 6) is -0.114. The van der Waals surface area contributed by atoms with Crippen LogP contribution in [0.3, 0.4) is 0 Å². The molecular formula is C20H19F3N2O2. The molecule has 0 aliphatic carbocycles. The molecule has 2 aromatic carbocycles. The number of amides is 2. The summed E-state index contributed by atoms with van der Waals surface area (Å²) in [5.41, 5.74) is 1.51. The lowest BCUT2D eigenvalue weighted by molar-refractivity contribution is -0.137. The molecular weight excluding hydrogens is 357 g/mol. The first kappa shape index (κ1) is 18.9. The number of nitrogens with zero attached hydrogens (tertiary/aromatic N) is 1. The summed E-state index contributed by atoms with van der Waals surface area (Å²) in [6.07, 6.45) is -2.79. The van der Waals surface area contributed by atoms with E-state index in [2.05, 4.69) is 5.32 Å². The van der Waals surface area contributed by atoms with Crippen molar-refractivity contribution in [2.24, 2.45) is 0 Å². The Bertz CT molecular complexity index is 815. The molecule has 0 radical (unpaired) electrons. The number of carbonyl (C=O) groups is 2. The van der Waals surface area contributed by atoms with E-state index in [0.717, 1.165) is 29.8 Å². The van der Waals surface area contributed by atoms with Gasteiger partial charge < -0.3 is 10.2 Å². The van der Waals surface area contributed by atoms with E-state index in [9.17, 15) is 22.8 Å². The van der Waals surface area contributed by atoms with Gasteiger partial charge in [-0.2, -0.15) is 13.2 Å². The first-order chi connectivity index (χ1) is 12.8. The Morgan fingerprint density at radius 1 is 1.00 bits per heavy atom. The fraction of sp³-hybridized carbons (Fsp3) is 0.300. The summed E-state index contributed by atoms with van der Waals surface area (Å²) in [4.78, 5) is 25.5. The highest BCUT2D eigenvalue weighted by Crippen LogP contribution is 2.29. The van der Waals surface area contributed by atoms with Crippen molar-refractivity contribution in [1.82, 2.24) is 5.32 Å². The molecule has 1 fully saturated rings. The van der Waals surface area contributed by atoms with Crippen LogP contribution in [0, 0.1) is 0 Å². The predicted molar refractivity (Wildman–Crippen MR) is 95.0 cm³/mol. The third-order valence-electron chi connectivity index (χ3n) is 4.46. The SMILES string of the molecule is O=C(Cc1ccc(N2CCCC2=O)cc1)NCc1ccc(C(F)(F)F)cc1. The maximum atomic E-state index is 12.5. The van der Waals surface area contributed by atoms with Gasteiger partial charge in [0.1, 0.15) is 0 Å². The average Bonchev–Trinajstić information content (AvgIpc) is 3.06. The molecule has 1 N–H and O–H groups in total. The molecule has 1 aliphatic rings. The Hall–Kier alpha value is -2.83. The zero-order valence-electron chi connectivity index (χ0n) is 14.6. The van der Waals surface area contributed by atoms with Crippen LogP contribution in [0.1, 0.15) is 29.5 Å². The third-order valence-corrected chi connectivity index (χ3v) is 4.46. The molecule has 0 saturated carbocycles. The van der Waals surface area contributed by atoms with Crippen molar-refractivity contribution >= 4 is 17.5 Å². The highest BCUT2D eigenvalue weighted by molar-refractivity contribution is 5.95. The van der Waals surface area contributed by atoms with Crippen molar-refractivity contribution in [2.45, 2.75) is 32.0 Å². The van der Waals surface area contributed by atoms with Crippen LogP contribution in [-0.4, -0.2) is 18.4 Å². The van der Waals surface area contributed by atoms with Gasteiger partial charge in [0, 0.05) is 25.2 Å². The van der Waals surface area contributed by atoms with Gasteiger partial charge in [-0.05, 0) is 41.8 Å². The molecule has 1 heterocycles. The second-order valence-corrected chi connectivity index (χ2v) is 6.46. The normalized spacial score (nSPS) is 14.5. The molecule has 0 bridgehead atoms. The number of hydrogen-bond acceptors (Lipinski definition) is 2. The molecule has 1 saturated heterocycles. The van der Waals surface area contributed by atoms with Crippen molar-refractivity contribution in [3.63, 3.8) is 0 Å². The minimum absolute atomic E-state index is 0.108. The summed E-state index contributed by atoms with van der Waals surface area (Å²) in [6, 6.07) is 12.0. The van der Waals surface area contributed by atoms with Gasteiger partial charge in [0.25, 0.3) is 0 Å². The fourth-order valence-corrected chi connectivity index (χ4v) is 2.98. The lowest BCUT2D eigenvalue weighted by Crippen LogP contribution is -2.25. The molecule has 3 rings (SSSR count). The van der Waals surface area contributed by atoms with Crippen LogP contribution in [0.5, 0.6) is 0 Å². The van der Waals surface area contributed by atoms with Crippen LogP contribution in [-0.2, 0) is 28.7 Å². The molecule has 27 heavy (non-hydrogen) atoms. The maximum absolute atomic E-state index is 12.5. The number of halogens is 3. The summed E-state index contributed by atoms with van der Waals surface area (Å²) in [5, 5.41) is 2.70. The molecule has 1 aliphatic heterocycles. The number of hydrogen-bond donors (Lipinski definition) is 1. The molecule has 7 heteroatoms. The third kappa shape index (κ3) is 4.87. The largest absolute Gasteiger partial charge is 0.416 e. The van der Waals surface area contributed by atoms with E-state index in [-0.39, 0.29) is 24.8 Å².